The Hall–Kier alpha value is -1.58. The minimum atomic E-state index is -0.711. The Morgan fingerprint density at radius 1 is 1.69 bits per heavy atom. The summed E-state index contributed by atoms with van der Waals surface area (Å²) in [5, 5.41) is 7.91. The van der Waals surface area contributed by atoms with Gasteiger partial charge in [-0.25, -0.2) is 0 Å². The molecule has 0 fully saturated rings. The lowest BCUT2D eigenvalue weighted by atomic mass is 10.4. The fraction of sp³-hybridized carbons (Fsp3) is 0.333. The SMILES string of the molecule is CCCC(=O)O.O=Cc1ccco1. The number of furan rings is 1. The fourth-order valence-corrected chi connectivity index (χ4v) is 0.572. The molecule has 1 aromatic heterocycles. The maximum Gasteiger partial charge on any atom is 0.303 e. The van der Waals surface area contributed by atoms with Gasteiger partial charge in [-0.1, -0.05) is 6.92 Å². The summed E-state index contributed by atoms with van der Waals surface area (Å²) >= 11 is 0. The molecule has 72 valence electrons. The molecule has 0 aromatic carbocycles. The van der Waals surface area contributed by atoms with Crippen molar-refractivity contribution in [2.75, 3.05) is 0 Å². The predicted molar refractivity (Wildman–Crippen MR) is 46.6 cm³/mol. The van der Waals surface area contributed by atoms with Crippen LogP contribution in [0, 0.1) is 0 Å². The van der Waals surface area contributed by atoms with E-state index in [0.717, 1.165) is 6.42 Å². The maximum absolute atomic E-state index is 9.77. The topological polar surface area (TPSA) is 67.5 Å². The second-order valence-electron chi connectivity index (χ2n) is 2.28. The first kappa shape index (κ1) is 11.4. The lowest BCUT2D eigenvalue weighted by Gasteiger charge is -1.79. The van der Waals surface area contributed by atoms with E-state index in [-0.39, 0.29) is 0 Å². The lowest BCUT2D eigenvalue weighted by molar-refractivity contribution is -0.137. The van der Waals surface area contributed by atoms with E-state index in [1.807, 2.05) is 6.92 Å². The number of rotatable bonds is 3. The van der Waals surface area contributed by atoms with E-state index >= 15 is 0 Å². The second-order valence-corrected chi connectivity index (χ2v) is 2.28. The average molecular weight is 184 g/mol. The van der Waals surface area contributed by atoms with E-state index in [1.165, 1.54) is 6.26 Å². The number of hydrogen-bond donors (Lipinski definition) is 1. The molecule has 0 aliphatic rings. The number of aldehydes is 1. The van der Waals surface area contributed by atoms with Crippen LogP contribution in [0.2, 0.25) is 0 Å². The van der Waals surface area contributed by atoms with Crippen molar-refractivity contribution in [3.63, 3.8) is 0 Å². The van der Waals surface area contributed by atoms with Crippen LogP contribution in [0.25, 0.3) is 0 Å². The highest BCUT2D eigenvalue weighted by molar-refractivity contribution is 5.69. The largest absolute Gasteiger partial charge is 0.481 e. The zero-order valence-corrected chi connectivity index (χ0v) is 7.40. The first-order chi connectivity index (χ1) is 6.20. The van der Waals surface area contributed by atoms with Gasteiger partial charge < -0.3 is 9.52 Å². The Bertz CT molecular complexity index is 238. The average Bonchev–Trinajstić information content (AvgIpc) is 2.56. The Morgan fingerprint density at radius 2 is 2.38 bits per heavy atom. The zero-order valence-electron chi connectivity index (χ0n) is 7.40. The number of carboxylic acid groups (broad SMARTS) is 1. The molecule has 1 aromatic rings. The molecule has 1 N–H and O–H groups in total. The van der Waals surface area contributed by atoms with Gasteiger partial charge in [-0.05, 0) is 18.6 Å². The standard InChI is InChI=1S/C5H4O2.C4H8O2/c6-4-5-2-1-3-7-5;1-2-3-4(5)6/h1-4H;2-3H2,1H3,(H,5,6). The van der Waals surface area contributed by atoms with Crippen LogP contribution in [-0.2, 0) is 4.79 Å². The quantitative estimate of drug-likeness (QED) is 0.729. The molecule has 0 spiro atoms. The molecule has 0 unspecified atom stereocenters. The molecule has 0 bridgehead atoms. The first-order valence-corrected chi connectivity index (χ1v) is 3.91. The monoisotopic (exact) mass is 184 g/mol. The van der Waals surface area contributed by atoms with Crippen molar-refractivity contribution >= 4 is 12.3 Å². The third kappa shape index (κ3) is 6.80. The minimum absolute atomic E-state index is 0.292. The summed E-state index contributed by atoms with van der Waals surface area (Å²) in [7, 11) is 0. The number of carboxylic acids is 1. The van der Waals surface area contributed by atoms with Crippen LogP contribution < -0.4 is 0 Å². The van der Waals surface area contributed by atoms with Gasteiger partial charge in [0.05, 0.1) is 6.26 Å². The lowest BCUT2D eigenvalue weighted by Crippen LogP contribution is -1.90. The van der Waals surface area contributed by atoms with Gasteiger partial charge in [0.25, 0.3) is 0 Å². The van der Waals surface area contributed by atoms with Crippen molar-refractivity contribution in [2.24, 2.45) is 0 Å². The fourth-order valence-electron chi connectivity index (χ4n) is 0.572. The van der Waals surface area contributed by atoms with E-state index in [4.69, 9.17) is 5.11 Å². The molecule has 0 amide bonds. The molecule has 13 heavy (non-hydrogen) atoms. The molecule has 0 radical (unpaired) electrons. The normalized spacial score (nSPS) is 8.38. The Morgan fingerprint density at radius 3 is 2.54 bits per heavy atom. The summed E-state index contributed by atoms with van der Waals surface area (Å²) in [6.07, 6.45) is 3.15. The molecule has 1 heterocycles. The molecule has 1 rings (SSSR count). The van der Waals surface area contributed by atoms with Crippen molar-refractivity contribution in [1.29, 1.82) is 0 Å². The minimum Gasteiger partial charge on any atom is -0.481 e. The summed E-state index contributed by atoms with van der Waals surface area (Å²) in [5.74, 6) is -0.336. The summed E-state index contributed by atoms with van der Waals surface area (Å²) in [6, 6.07) is 3.27. The molecule has 0 aliphatic carbocycles. The van der Waals surface area contributed by atoms with Gasteiger partial charge in [-0.15, -0.1) is 0 Å². The van der Waals surface area contributed by atoms with Crippen LogP contribution in [0.1, 0.15) is 30.3 Å². The molecule has 0 saturated carbocycles. The maximum atomic E-state index is 9.77. The number of aliphatic carboxylic acids is 1. The number of carbonyl (C=O) groups excluding carboxylic acids is 1. The van der Waals surface area contributed by atoms with Gasteiger partial charge >= 0.3 is 5.97 Å². The summed E-state index contributed by atoms with van der Waals surface area (Å²) < 4.78 is 4.61. The molecule has 4 heteroatoms. The van der Waals surface area contributed by atoms with Crippen molar-refractivity contribution in [3.8, 4) is 0 Å². The number of carbonyl (C=O) groups is 2. The van der Waals surface area contributed by atoms with Crippen molar-refractivity contribution in [1.82, 2.24) is 0 Å². The molecule has 4 nitrogen and oxygen atoms in total. The highest BCUT2D eigenvalue weighted by Crippen LogP contribution is 1.92. The van der Waals surface area contributed by atoms with E-state index in [1.54, 1.807) is 12.1 Å². The second kappa shape index (κ2) is 7.09. The van der Waals surface area contributed by atoms with Crippen LogP contribution in [0.5, 0.6) is 0 Å². The number of hydrogen-bond acceptors (Lipinski definition) is 3. The molecule has 0 aliphatic heterocycles. The third-order valence-corrected chi connectivity index (χ3v) is 1.12. The van der Waals surface area contributed by atoms with Crippen LogP contribution in [0.3, 0.4) is 0 Å². The highest BCUT2D eigenvalue weighted by Gasteiger charge is 1.87. The molecular weight excluding hydrogens is 172 g/mol. The van der Waals surface area contributed by atoms with Gasteiger partial charge in [0.1, 0.15) is 0 Å². The van der Waals surface area contributed by atoms with Gasteiger partial charge in [-0.3, -0.25) is 9.59 Å². The van der Waals surface area contributed by atoms with Gasteiger partial charge in [0, 0.05) is 6.42 Å². The Balaban J connectivity index is 0.000000226. The highest BCUT2D eigenvalue weighted by atomic mass is 16.4. The predicted octanol–water partition coefficient (Wildman–Crippen LogP) is 1.96. The van der Waals surface area contributed by atoms with Crippen LogP contribution in [0.4, 0.5) is 0 Å². The Kier molecular flexibility index (Phi) is 6.23. The van der Waals surface area contributed by atoms with Crippen molar-refractivity contribution in [2.45, 2.75) is 19.8 Å². The van der Waals surface area contributed by atoms with Crippen molar-refractivity contribution in [3.05, 3.63) is 24.2 Å². The summed E-state index contributed by atoms with van der Waals surface area (Å²) in [4.78, 5) is 19.4. The van der Waals surface area contributed by atoms with Crippen LogP contribution in [-0.4, -0.2) is 17.4 Å². The molecule has 0 atom stereocenters. The first-order valence-electron chi connectivity index (χ1n) is 3.91. The van der Waals surface area contributed by atoms with E-state index < -0.39 is 5.97 Å². The molecule has 0 saturated heterocycles. The summed E-state index contributed by atoms with van der Waals surface area (Å²) in [6.45, 7) is 1.84. The Labute approximate surface area is 76.2 Å². The zero-order chi connectivity index (χ0) is 10.1. The van der Waals surface area contributed by atoms with E-state index in [2.05, 4.69) is 4.42 Å². The van der Waals surface area contributed by atoms with Crippen LogP contribution in [0.15, 0.2) is 22.8 Å². The van der Waals surface area contributed by atoms with Gasteiger partial charge in [0.2, 0.25) is 0 Å². The van der Waals surface area contributed by atoms with Crippen molar-refractivity contribution < 1.29 is 19.1 Å². The smallest absolute Gasteiger partial charge is 0.303 e. The van der Waals surface area contributed by atoms with Crippen LogP contribution >= 0.6 is 0 Å². The summed E-state index contributed by atoms with van der Waals surface area (Å²) in [5.41, 5.74) is 0. The van der Waals surface area contributed by atoms with E-state index in [9.17, 15) is 9.59 Å². The van der Waals surface area contributed by atoms with E-state index in [0.29, 0.717) is 18.5 Å². The van der Waals surface area contributed by atoms with Gasteiger partial charge in [0.15, 0.2) is 12.0 Å². The van der Waals surface area contributed by atoms with Gasteiger partial charge in [-0.2, -0.15) is 0 Å². The molecular formula is C9H12O4. The third-order valence-electron chi connectivity index (χ3n) is 1.12.